The minimum absolute atomic E-state index is 0.137. The van der Waals surface area contributed by atoms with Crippen LogP contribution in [0.1, 0.15) is 28.8 Å². The zero-order valence-electron chi connectivity index (χ0n) is 15.5. The fraction of sp³-hybridized carbons (Fsp3) is 0.263. The van der Waals surface area contributed by atoms with E-state index in [0.29, 0.717) is 35.4 Å². The average molecular weight is 391 g/mol. The van der Waals surface area contributed by atoms with E-state index >= 15 is 0 Å². The van der Waals surface area contributed by atoms with Crippen LogP contribution in [0.5, 0.6) is 0 Å². The highest BCUT2D eigenvalue weighted by atomic mass is 16.2. The van der Waals surface area contributed by atoms with Gasteiger partial charge in [0.15, 0.2) is 5.65 Å². The number of aromatic nitrogens is 4. The molecule has 3 aromatic rings. The molecule has 29 heavy (non-hydrogen) atoms. The predicted molar refractivity (Wildman–Crippen MR) is 102 cm³/mol. The van der Waals surface area contributed by atoms with E-state index in [1.165, 1.54) is 4.90 Å². The second kappa shape index (κ2) is 6.09. The first-order valence-electron chi connectivity index (χ1n) is 9.15. The predicted octanol–water partition coefficient (Wildman–Crippen LogP) is 0.374. The normalized spacial score (nSPS) is 19.0. The number of fused-ring (bicyclic) bond motifs is 2. The molecule has 0 spiro atoms. The molecule has 3 N–H and O–H groups in total. The number of imide groups is 1. The summed E-state index contributed by atoms with van der Waals surface area (Å²) in [7, 11) is 1.82. The van der Waals surface area contributed by atoms with Crippen LogP contribution in [0.4, 0.5) is 5.95 Å². The molecule has 1 unspecified atom stereocenters. The van der Waals surface area contributed by atoms with Gasteiger partial charge in [0.05, 0.1) is 6.33 Å². The maximum atomic E-state index is 12.8. The number of amides is 3. The van der Waals surface area contributed by atoms with Crippen molar-refractivity contribution in [3.63, 3.8) is 0 Å². The largest absolute Gasteiger partial charge is 0.368 e. The Kier molecular flexibility index (Phi) is 3.63. The first kappa shape index (κ1) is 17.3. The maximum Gasteiger partial charge on any atom is 0.255 e. The Bertz CT molecular complexity index is 1220. The van der Waals surface area contributed by atoms with Crippen LogP contribution in [-0.4, -0.2) is 48.2 Å². The summed E-state index contributed by atoms with van der Waals surface area (Å²) in [5.41, 5.74) is 9.79. The third kappa shape index (κ3) is 2.64. The molecule has 1 saturated heterocycles. The van der Waals surface area contributed by atoms with E-state index in [0.717, 1.165) is 11.1 Å². The molecular weight excluding hydrogens is 374 g/mol. The molecule has 2 aromatic heterocycles. The number of hydrogen-bond donors (Lipinski definition) is 2. The number of nitrogen functional groups attached to an aromatic ring is 1. The molecule has 0 radical (unpaired) electrons. The summed E-state index contributed by atoms with van der Waals surface area (Å²) >= 11 is 0. The number of aryl methyl sites for hydroxylation is 1. The van der Waals surface area contributed by atoms with E-state index in [9.17, 15) is 14.4 Å². The van der Waals surface area contributed by atoms with Gasteiger partial charge < -0.3 is 15.2 Å². The Balaban J connectivity index is 1.53. The molecule has 5 rings (SSSR count). The average Bonchev–Trinajstić information content (AvgIpc) is 3.21. The molecule has 4 heterocycles. The van der Waals surface area contributed by atoms with Crippen molar-refractivity contribution >= 4 is 34.8 Å². The molecule has 0 bridgehead atoms. The van der Waals surface area contributed by atoms with Crippen molar-refractivity contribution in [2.24, 2.45) is 7.05 Å². The zero-order chi connectivity index (χ0) is 20.3. The summed E-state index contributed by atoms with van der Waals surface area (Å²) in [5, 5.41) is 2.31. The molecule has 0 saturated carbocycles. The van der Waals surface area contributed by atoms with Crippen LogP contribution in [0.2, 0.25) is 0 Å². The number of piperidine rings is 1. The number of nitrogens with zero attached hydrogens (tertiary/aromatic N) is 5. The number of rotatable bonds is 2. The standard InChI is InChI=1S/C19H17N7O3/c1-25-8-21-15-14(23-19(20)24-16(15)25)9-2-3-11-10(6-9)7-26(18(11)29)12-4-5-13(27)22-17(12)28/h2-3,6,8,12H,4-5,7H2,1H3,(H2,20,23,24)(H,22,27,28). The van der Waals surface area contributed by atoms with E-state index in [-0.39, 0.29) is 24.2 Å². The van der Waals surface area contributed by atoms with Crippen molar-refractivity contribution in [2.75, 3.05) is 5.73 Å². The van der Waals surface area contributed by atoms with Crippen LogP contribution >= 0.6 is 0 Å². The van der Waals surface area contributed by atoms with Crippen molar-refractivity contribution < 1.29 is 14.4 Å². The molecule has 3 amide bonds. The third-order valence-corrected chi connectivity index (χ3v) is 5.37. The van der Waals surface area contributed by atoms with Gasteiger partial charge in [0.2, 0.25) is 17.8 Å². The molecule has 10 heteroatoms. The Labute approximate surface area is 164 Å². The van der Waals surface area contributed by atoms with Crippen molar-refractivity contribution in [3.8, 4) is 11.3 Å². The van der Waals surface area contributed by atoms with E-state index < -0.39 is 11.9 Å². The van der Waals surface area contributed by atoms with E-state index in [2.05, 4.69) is 20.3 Å². The number of nitrogens with one attached hydrogen (secondary N) is 1. The molecule has 1 aromatic carbocycles. The number of nitrogens with two attached hydrogens (primary N) is 1. The summed E-state index contributed by atoms with van der Waals surface area (Å²) in [4.78, 5) is 50.9. The highest BCUT2D eigenvalue weighted by molar-refractivity contribution is 6.05. The lowest BCUT2D eigenvalue weighted by Crippen LogP contribution is -2.52. The van der Waals surface area contributed by atoms with Gasteiger partial charge in [0.1, 0.15) is 17.3 Å². The number of hydrogen-bond acceptors (Lipinski definition) is 7. The van der Waals surface area contributed by atoms with Crippen LogP contribution in [-0.2, 0) is 23.2 Å². The molecule has 1 atom stereocenters. The van der Waals surface area contributed by atoms with Crippen molar-refractivity contribution in [3.05, 3.63) is 35.7 Å². The highest BCUT2D eigenvalue weighted by Crippen LogP contribution is 2.32. The molecule has 1 fully saturated rings. The first-order valence-corrected chi connectivity index (χ1v) is 9.15. The fourth-order valence-corrected chi connectivity index (χ4v) is 3.95. The number of imidazole rings is 1. The minimum Gasteiger partial charge on any atom is -0.368 e. The number of carbonyl (C=O) groups excluding carboxylic acids is 3. The van der Waals surface area contributed by atoms with E-state index in [1.54, 1.807) is 23.0 Å². The third-order valence-electron chi connectivity index (χ3n) is 5.37. The van der Waals surface area contributed by atoms with Crippen molar-refractivity contribution in [1.29, 1.82) is 0 Å². The van der Waals surface area contributed by atoms with Crippen LogP contribution < -0.4 is 11.1 Å². The summed E-state index contributed by atoms with van der Waals surface area (Å²) in [5.74, 6) is -0.816. The number of carbonyl (C=O) groups is 3. The summed E-state index contributed by atoms with van der Waals surface area (Å²) in [6.45, 7) is 0.292. The van der Waals surface area contributed by atoms with Gasteiger partial charge in [-0.05, 0) is 24.1 Å². The van der Waals surface area contributed by atoms with Gasteiger partial charge in [-0.1, -0.05) is 6.07 Å². The van der Waals surface area contributed by atoms with E-state index in [4.69, 9.17) is 5.73 Å². The SMILES string of the molecule is Cn1cnc2c(-c3ccc4c(c3)CN(C3CCC(=O)NC3=O)C4=O)nc(N)nc21. The molecule has 0 aliphatic carbocycles. The Morgan fingerprint density at radius 2 is 2.03 bits per heavy atom. The zero-order valence-corrected chi connectivity index (χ0v) is 15.5. The highest BCUT2D eigenvalue weighted by Gasteiger charge is 2.39. The fourth-order valence-electron chi connectivity index (χ4n) is 3.95. The van der Waals surface area contributed by atoms with Gasteiger partial charge in [0, 0.05) is 31.1 Å². The van der Waals surface area contributed by atoms with Crippen LogP contribution in [0.3, 0.4) is 0 Å². The molecule has 2 aliphatic heterocycles. The summed E-state index contributed by atoms with van der Waals surface area (Å²) in [6.07, 6.45) is 2.19. The monoisotopic (exact) mass is 391 g/mol. The second-order valence-electron chi connectivity index (χ2n) is 7.23. The van der Waals surface area contributed by atoms with Crippen molar-refractivity contribution in [1.82, 2.24) is 29.7 Å². The number of benzene rings is 1. The van der Waals surface area contributed by atoms with Gasteiger partial charge in [-0.2, -0.15) is 4.98 Å². The Hall–Kier alpha value is -3.82. The van der Waals surface area contributed by atoms with Gasteiger partial charge in [-0.25, -0.2) is 9.97 Å². The van der Waals surface area contributed by atoms with Gasteiger partial charge >= 0.3 is 0 Å². The summed E-state index contributed by atoms with van der Waals surface area (Å²) in [6, 6.07) is 4.75. The lowest BCUT2D eigenvalue weighted by molar-refractivity contribution is -0.136. The first-order chi connectivity index (χ1) is 13.9. The molecule has 10 nitrogen and oxygen atoms in total. The van der Waals surface area contributed by atoms with Gasteiger partial charge in [0.25, 0.3) is 5.91 Å². The van der Waals surface area contributed by atoms with Gasteiger partial charge in [-0.15, -0.1) is 0 Å². The van der Waals surface area contributed by atoms with Crippen LogP contribution in [0.25, 0.3) is 22.4 Å². The topological polar surface area (TPSA) is 136 Å². The number of anilines is 1. The quantitative estimate of drug-likeness (QED) is 0.602. The molecular formula is C19H17N7O3. The van der Waals surface area contributed by atoms with Gasteiger partial charge in [-0.3, -0.25) is 19.7 Å². The smallest absolute Gasteiger partial charge is 0.255 e. The second-order valence-corrected chi connectivity index (χ2v) is 7.23. The summed E-state index contributed by atoms with van der Waals surface area (Å²) < 4.78 is 1.76. The van der Waals surface area contributed by atoms with Crippen LogP contribution in [0.15, 0.2) is 24.5 Å². The maximum absolute atomic E-state index is 12.8. The lowest BCUT2D eigenvalue weighted by Gasteiger charge is -2.29. The molecule has 2 aliphatic rings. The minimum atomic E-state index is -0.645. The lowest BCUT2D eigenvalue weighted by atomic mass is 10.0. The van der Waals surface area contributed by atoms with E-state index in [1.807, 2.05) is 13.1 Å². The molecule has 146 valence electrons. The Morgan fingerprint density at radius 1 is 1.21 bits per heavy atom. The van der Waals surface area contributed by atoms with Crippen LogP contribution in [0, 0.1) is 0 Å². The van der Waals surface area contributed by atoms with Crippen molar-refractivity contribution in [2.45, 2.75) is 25.4 Å². The Morgan fingerprint density at radius 3 is 2.83 bits per heavy atom.